The second-order valence-electron chi connectivity index (χ2n) is 8.47. The minimum atomic E-state index is -4.37. The lowest BCUT2D eigenvalue weighted by Crippen LogP contribution is -2.42. The lowest BCUT2D eigenvalue weighted by atomic mass is 10.1. The van der Waals surface area contributed by atoms with Gasteiger partial charge in [0.25, 0.3) is 0 Å². The molecule has 27 heavy (non-hydrogen) atoms. The van der Waals surface area contributed by atoms with E-state index in [9.17, 15) is 18.1 Å². The molecule has 0 bridgehead atoms. The van der Waals surface area contributed by atoms with Crippen LogP contribution in [0.15, 0.2) is 34.9 Å². The Bertz CT molecular complexity index is 627. The molecule has 0 fully saturated rings. The van der Waals surface area contributed by atoms with Crippen molar-refractivity contribution in [2.75, 3.05) is 32.9 Å². The topological polar surface area (TPSA) is 77.4 Å². The minimum Gasteiger partial charge on any atom is -0.748 e. The first-order valence-corrected chi connectivity index (χ1v) is 11.3. The predicted octanol–water partition coefficient (Wildman–Crippen LogP) is 3.78. The number of likely N-dealkylation sites (N-methyl/N-ethyl adjacent to an activating group) is 1. The second kappa shape index (κ2) is 12.5. The highest BCUT2D eigenvalue weighted by atomic mass is 32.2. The fraction of sp³-hybridized carbons (Fsp3) is 0.714. The van der Waals surface area contributed by atoms with Crippen LogP contribution < -0.4 is 0 Å². The molecule has 0 aliphatic heterocycles. The third-order valence-electron chi connectivity index (χ3n) is 4.52. The van der Waals surface area contributed by atoms with Crippen LogP contribution in [-0.2, 0) is 10.1 Å². The molecule has 1 unspecified atom stereocenters. The molecule has 5 nitrogen and oxygen atoms in total. The Morgan fingerprint density at radius 3 is 2.04 bits per heavy atom. The van der Waals surface area contributed by atoms with E-state index < -0.39 is 22.0 Å². The molecule has 1 N–H and O–H groups in total. The highest BCUT2D eigenvalue weighted by Gasteiger charge is 2.17. The highest BCUT2D eigenvalue weighted by Crippen LogP contribution is 2.12. The zero-order valence-electron chi connectivity index (χ0n) is 18.0. The average molecular weight is 402 g/mol. The number of aliphatic hydroxyl groups excluding tert-OH is 1. The van der Waals surface area contributed by atoms with Crippen molar-refractivity contribution in [2.45, 2.75) is 65.9 Å². The van der Waals surface area contributed by atoms with Crippen LogP contribution in [0.5, 0.6) is 0 Å². The molecule has 0 aromatic rings. The molecule has 0 aromatic carbocycles. The lowest BCUT2D eigenvalue weighted by molar-refractivity contribution is -0.885. The Hall–Kier alpha value is -0.950. The van der Waals surface area contributed by atoms with E-state index in [-0.39, 0.29) is 0 Å². The first-order valence-electron chi connectivity index (χ1n) is 9.69. The van der Waals surface area contributed by atoms with Gasteiger partial charge >= 0.3 is 0 Å². The van der Waals surface area contributed by atoms with Crippen molar-refractivity contribution >= 4 is 10.1 Å². The van der Waals surface area contributed by atoms with Gasteiger partial charge in [0.05, 0.1) is 49.2 Å². The van der Waals surface area contributed by atoms with Crippen molar-refractivity contribution in [3.8, 4) is 0 Å². The first-order chi connectivity index (χ1) is 12.3. The molecule has 6 heteroatoms. The van der Waals surface area contributed by atoms with E-state index in [0.29, 0.717) is 17.4 Å². The fourth-order valence-electron chi connectivity index (χ4n) is 2.65. The largest absolute Gasteiger partial charge is 0.748 e. The van der Waals surface area contributed by atoms with Crippen molar-refractivity contribution in [3.63, 3.8) is 0 Å². The van der Waals surface area contributed by atoms with Crippen molar-refractivity contribution in [2.24, 2.45) is 0 Å². The lowest BCUT2D eigenvalue weighted by Gasteiger charge is -2.30. The third kappa shape index (κ3) is 16.9. The molecular weight excluding hydrogens is 362 g/mol. The summed E-state index contributed by atoms with van der Waals surface area (Å²) in [4.78, 5) is 0. The van der Waals surface area contributed by atoms with Crippen LogP contribution in [0.1, 0.15) is 59.8 Å². The van der Waals surface area contributed by atoms with E-state index in [1.165, 1.54) is 16.7 Å². The molecule has 0 spiro atoms. The first kappa shape index (κ1) is 26.1. The maximum Gasteiger partial charge on any atom is 0.0972 e. The van der Waals surface area contributed by atoms with Gasteiger partial charge in [-0.15, -0.1) is 0 Å². The number of allylic oxidation sites excluding steroid dienone is 5. The van der Waals surface area contributed by atoms with Crippen LogP contribution >= 0.6 is 0 Å². The van der Waals surface area contributed by atoms with Crippen LogP contribution in [0.4, 0.5) is 0 Å². The maximum absolute atomic E-state index is 10.7. The summed E-state index contributed by atoms with van der Waals surface area (Å²) in [6.07, 6.45) is 10.3. The summed E-state index contributed by atoms with van der Waals surface area (Å²) >= 11 is 0. The third-order valence-corrected chi connectivity index (χ3v) is 5.31. The van der Waals surface area contributed by atoms with Gasteiger partial charge in [-0.2, -0.15) is 0 Å². The smallest absolute Gasteiger partial charge is 0.0972 e. The van der Waals surface area contributed by atoms with Crippen LogP contribution in [0, 0.1) is 0 Å². The predicted molar refractivity (Wildman–Crippen MR) is 112 cm³/mol. The SMILES string of the molecule is CC(C)=CCC/C(C)=C/CC/C(C)=C/C[N+](C)(C)CCC(O)CS(=O)(=O)[O-]. The van der Waals surface area contributed by atoms with Crippen molar-refractivity contribution in [3.05, 3.63) is 34.9 Å². The summed E-state index contributed by atoms with van der Waals surface area (Å²) in [7, 11) is -0.298. The number of aliphatic hydroxyl groups is 1. The molecule has 0 aliphatic rings. The zero-order valence-corrected chi connectivity index (χ0v) is 18.8. The van der Waals surface area contributed by atoms with Crippen LogP contribution in [0.3, 0.4) is 0 Å². The average Bonchev–Trinajstić information content (AvgIpc) is 2.49. The van der Waals surface area contributed by atoms with E-state index in [1.807, 2.05) is 14.1 Å². The molecule has 0 saturated carbocycles. The molecule has 0 aromatic heterocycles. The van der Waals surface area contributed by atoms with Gasteiger partial charge in [-0.1, -0.05) is 28.9 Å². The Labute approximate surface area is 166 Å². The Balaban J connectivity index is 4.28. The van der Waals surface area contributed by atoms with Gasteiger partial charge in [0.15, 0.2) is 0 Å². The van der Waals surface area contributed by atoms with Gasteiger partial charge in [-0.3, -0.25) is 0 Å². The summed E-state index contributed by atoms with van der Waals surface area (Å²) in [5.41, 5.74) is 4.13. The van der Waals surface area contributed by atoms with Gasteiger partial charge < -0.3 is 14.1 Å². The molecule has 0 saturated heterocycles. The standard InChI is InChI=1S/C21H39NO4S/c1-18(2)9-7-10-19(3)11-8-12-20(4)13-15-22(5,6)16-14-21(23)17-27(24,25)26/h9,11,13,21,23H,7-8,10,12,14-17H2,1-6H3/b19-11+,20-13+. The molecule has 1 atom stereocenters. The van der Waals surface area contributed by atoms with Crippen molar-refractivity contribution in [1.29, 1.82) is 0 Å². The number of hydrogen-bond acceptors (Lipinski definition) is 4. The normalized spacial score (nSPS) is 15.0. The molecule has 0 rings (SSSR count). The fourth-order valence-corrected chi connectivity index (χ4v) is 3.29. The van der Waals surface area contributed by atoms with Gasteiger partial charge in [0, 0.05) is 6.42 Å². The van der Waals surface area contributed by atoms with Gasteiger partial charge in [-0.25, -0.2) is 8.42 Å². The maximum atomic E-state index is 10.7. The van der Waals surface area contributed by atoms with Crippen molar-refractivity contribution in [1.82, 2.24) is 0 Å². The summed E-state index contributed by atoms with van der Waals surface area (Å²) in [5.74, 6) is -0.707. The molecule has 0 amide bonds. The Morgan fingerprint density at radius 2 is 1.52 bits per heavy atom. The number of quaternary nitrogens is 1. The zero-order chi connectivity index (χ0) is 21.1. The van der Waals surface area contributed by atoms with Crippen LogP contribution in [0.2, 0.25) is 0 Å². The van der Waals surface area contributed by atoms with E-state index in [1.54, 1.807) is 0 Å². The Kier molecular flexibility index (Phi) is 12.1. The highest BCUT2D eigenvalue weighted by molar-refractivity contribution is 7.85. The molecule has 0 aliphatic carbocycles. The molecule has 0 heterocycles. The summed E-state index contributed by atoms with van der Waals surface area (Å²) in [6, 6.07) is 0. The summed E-state index contributed by atoms with van der Waals surface area (Å²) < 4.78 is 32.7. The molecule has 0 radical (unpaired) electrons. The van der Waals surface area contributed by atoms with E-state index in [2.05, 4.69) is 45.9 Å². The van der Waals surface area contributed by atoms with E-state index >= 15 is 0 Å². The van der Waals surface area contributed by atoms with Gasteiger partial charge in [0.1, 0.15) is 0 Å². The monoisotopic (exact) mass is 401 g/mol. The number of hydrogen-bond donors (Lipinski definition) is 1. The van der Waals surface area contributed by atoms with E-state index in [4.69, 9.17) is 0 Å². The van der Waals surface area contributed by atoms with Crippen molar-refractivity contribution < 1.29 is 22.6 Å². The minimum absolute atomic E-state index is 0.301. The Morgan fingerprint density at radius 1 is 1.00 bits per heavy atom. The summed E-state index contributed by atoms with van der Waals surface area (Å²) in [5, 5.41) is 9.67. The van der Waals surface area contributed by atoms with Gasteiger partial charge in [-0.05, 0) is 59.5 Å². The van der Waals surface area contributed by atoms with Crippen LogP contribution in [0.25, 0.3) is 0 Å². The second-order valence-corrected chi connectivity index (χ2v) is 9.92. The van der Waals surface area contributed by atoms with Gasteiger partial charge in [0.2, 0.25) is 0 Å². The quantitative estimate of drug-likeness (QED) is 0.289. The molecule has 158 valence electrons. The van der Waals surface area contributed by atoms with E-state index in [0.717, 1.165) is 32.2 Å². The number of nitrogens with zero attached hydrogens (tertiary/aromatic N) is 1. The van der Waals surface area contributed by atoms with Crippen LogP contribution in [-0.4, -0.2) is 61.6 Å². The number of rotatable bonds is 13. The molecular formula is C21H39NO4S. The summed E-state index contributed by atoms with van der Waals surface area (Å²) in [6.45, 7) is 9.99.